The van der Waals surface area contributed by atoms with Crippen molar-refractivity contribution < 1.29 is 14.3 Å². The van der Waals surface area contributed by atoms with Crippen LogP contribution < -0.4 is 10.1 Å². The molecule has 3 rings (SSSR count). The molecule has 5 nitrogen and oxygen atoms in total. The summed E-state index contributed by atoms with van der Waals surface area (Å²) in [6.07, 6.45) is 0.669. The number of carbonyl (C=O) groups excluding carboxylic acids is 2. The number of rotatable bonds is 10. The zero-order valence-corrected chi connectivity index (χ0v) is 19.1. The Balaban J connectivity index is 1.71. The van der Waals surface area contributed by atoms with Crippen molar-refractivity contribution in [3.8, 4) is 5.75 Å². The van der Waals surface area contributed by atoms with Crippen LogP contribution >= 0.6 is 0 Å². The molecule has 168 valence electrons. The number of nitrogens with one attached hydrogen (secondary N) is 1. The van der Waals surface area contributed by atoms with Crippen LogP contribution in [0.1, 0.15) is 26.3 Å². The minimum Gasteiger partial charge on any atom is -0.483 e. The van der Waals surface area contributed by atoms with Gasteiger partial charge in [0.1, 0.15) is 11.8 Å². The molecule has 0 aliphatic carbocycles. The van der Waals surface area contributed by atoms with Gasteiger partial charge in [0, 0.05) is 18.5 Å². The normalized spacial score (nSPS) is 11.9. The molecule has 0 aliphatic rings. The average molecular weight is 433 g/mol. The van der Waals surface area contributed by atoms with E-state index >= 15 is 0 Å². The van der Waals surface area contributed by atoms with Gasteiger partial charge in [0.2, 0.25) is 5.91 Å². The smallest absolute Gasteiger partial charge is 0.261 e. The van der Waals surface area contributed by atoms with E-state index in [2.05, 4.69) is 5.32 Å². The molecule has 1 N–H and O–H groups in total. The largest absolute Gasteiger partial charge is 0.483 e. The lowest BCUT2D eigenvalue weighted by Gasteiger charge is -2.29. The third-order valence-electron chi connectivity index (χ3n) is 5.44. The van der Waals surface area contributed by atoms with Crippen molar-refractivity contribution in [3.63, 3.8) is 0 Å². The molecular weight excluding hydrogens is 400 g/mol. The molecule has 32 heavy (non-hydrogen) atoms. The molecule has 0 heterocycles. The van der Waals surface area contributed by atoms with Crippen molar-refractivity contribution in [2.24, 2.45) is 5.92 Å². The summed E-state index contributed by atoms with van der Waals surface area (Å²) >= 11 is 0. The Morgan fingerprint density at radius 3 is 2.34 bits per heavy atom. The third-order valence-corrected chi connectivity index (χ3v) is 5.44. The lowest BCUT2D eigenvalue weighted by molar-refractivity contribution is -0.141. The number of nitrogens with zero attached hydrogens (tertiary/aromatic N) is 1. The number of amides is 2. The summed E-state index contributed by atoms with van der Waals surface area (Å²) in [6, 6.07) is 23.1. The van der Waals surface area contributed by atoms with E-state index in [-0.39, 0.29) is 18.4 Å². The first kappa shape index (κ1) is 23.3. The monoisotopic (exact) mass is 432 g/mol. The zero-order chi connectivity index (χ0) is 22.9. The number of hydrogen-bond donors (Lipinski definition) is 1. The second kappa shape index (κ2) is 11.3. The molecule has 0 aromatic heterocycles. The molecule has 0 saturated heterocycles. The minimum absolute atomic E-state index is 0.120. The van der Waals surface area contributed by atoms with Gasteiger partial charge in [-0.05, 0) is 36.3 Å². The Morgan fingerprint density at radius 1 is 0.906 bits per heavy atom. The van der Waals surface area contributed by atoms with Gasteiger partial charge >= 0.3 is 0 Å². The number of fused-ring (bicyclic) bond motifs is 1. The highest BCUT2D eigenvalue weighted by Crippen LogP contribution is 2.25. The molecule has 3 aromatic rings. The molecule has 2 amide bonds. The minimum atomic E-state index is -0.582. The summed E-state index contributed by atoms with van der Waals surface area (Å²) in [4.78, 5) is 27.5. The molecule has 0 fully saturated rings. The van der Waals surface area contributed by atoms with E-state index < -0.39 is 6.04 Å². The topological polar surface area (TPSA) is 58.6 Å². The maximum absolute atomic E-state index is 13.2. The maximum Gasteiger partial charge on any atom is 0.261 e. The van der Waals surface area contributed by atoms with E-state index in [9.17, 15) is 9.59 Å². The predicted molar refractivity (Wildman–Crippen MR) is 129 cm³/mol. The summed E-state index contributed by atoms with van der Waals surface area (Å²) in [5.41, 5.74) is 1.12. The Kier molecular flexibility index (Phi) is 8.26. The fraction of sp³-hybridized carbons (Fsp3) is 0.333. The Hall–Kier alpha value is -3.34. The van der Waals surface area contributed by atoms with Gasteiger partial charge in [-0.2, -0.15) is 0 Å². The molecule has 5 heteroatoms. The molecule has 0 bridgehead atoms. The van der Waals surface area contributed by atoms with Gasteiger partial charge in [0.05, 0.1) is 0 Å². The standard InChI is InChI=1S/C27H32N2O3/c1-20(2)18-28-27(31)21(3)29(17-16-22-10-5-4-6-11-22)26(30)19-32-25-15-9-13-23-12-7-8-14-24(23)25/h4-15,20-21H,16-19H2,1-3H3,(H,28,31)/t21-/m0/s1. The van der Waals surface area contributed by atoms with Crippen LogP contribution in [-0.4, -0.2) is 42.5 Å². The molecular formula is C27H32N2O3. The van der Waals surface area contributed by atoms with Gasteiger partial charge in [0.25, 0.3) is 5.91 Å². The zero-order valence-electron chi connectivity index (χ0n) is 19.1. The first-order chi connectivity index (χ1) is 15.5. The summed E-state index contributed by atoms with van der Waals surface area (Å²) < 4.78 is 5.92. The van der Waals surface area contributed by atoms with Crippen molar-refractivity contribution in [3.05, 3.63) is 78.4 Å². The lowest BCUT2D eigenvalue weighted by atomic mass is 10.1. The van der Waals surface area contributed by atoms with Crippen LogP contribution in [0.25, 0.3) is 10.8 Å². The summed E-state index contributed by atoms with van der Waals surface area (Å²) in [7, 11) is 0. The van der Waals surface area contributed by atoms with E-state index in [1.165, 1.54) is 0 Å². The van der Waals surface area contributed by atoms with Crippen LogP contribution in [-0.2, 0) is 16.0 Å². The van der Waals surface area contributed by atoms with Crippen molar-refractivity contribution in [1.29, 1.82) is 0 Å². The van der Waals surface area contributed by atoms with Crippen LogP contribution in [0.5, 0.6) is 5.75 Å². The number of carbonyl (C=O) groups is 2. The summed E-state index contributed by atoms with van der Waals surface area (Å²) in [6.45, 7) is 6.76. The Bertz CT molecular complexity index is 1030. The molecule has 0 radical (unpaired) electrons. The van der Waals surface area contributed by atoms with E-state index in [0.29, 0.717) is 31.2 Å². The molecule has 0 spiro atoms. The maximum atomic E-state index is 13.2. The van der Waals surface area contributed by atoms with E-state index in [1.54, 1.807) is 11.8 Å². The SMILES string of the molecule is CC(C)CNC(=O)[C@H](C)N(CCc1ccccc1)C(=O)COc1cccc2ccccc12. The number of hydrogen-bond acceptors (Lipinski definition) is 3. The first-order valence-corrected chi connectivity index (χ1v) is 11.2. The van der Waals surface area contributed by atoms with Gasteiger partial charge in [-0.15, -0.1) is 0 Å². The van der Waals surface area contributed by atoms with Crippen LogP contribution in [0.4, 0.5) is 0 Å². The van der Waals surface area contributed by atoms with Crippen molar-refractivity contribution >= 4 is 22.6 Å². The fourth-order valence-electron chi connectivity index (χ4n) is 3.57. The highest BCUT2D eigenvalue weighted by atomic mass is 16.5. The van der Waals surface area contributed by atoms with Gasteiger partial charge in [-0.25, -0.2) is 0 Å². The molecule has 3 aromatic carbocycles. The molecule has 0 aliphatic heterocycles. The number of ether oxygens (including phenoxy) is 1. The van der Waals surface area contributed by atoms with Crippen LogP contribution in [0.3, 0.4) is 0 Å². The second-order valence-corrected chi connectivity index (χ2v) is 8.40. The lowest BCUT2D eigenvalue weighted by Crippen LogP contribution is -2.50. The molecule has 0 unspecified atom stereocenters. The number of benzene rings is 3. The third kappa shape index (κ3) is 6.33. The quantitative estimate of drug-likeness (QED) is 0.515. The van der Waals surface area contributed by atoms with Gasteiger partial charge in [-0.3, -0.25) is 9.59 Å². The van der Waals surface area contributed by atoms with Gasteiger partial charge in [-0.1, -0.05) is 80.6 Å². The summed E-state index contributed by atoms with van der Waals surface area (Å²) in [5.74, 6) is 0.650. The highest BCUT2D eigenvalue weighted by Gasteiger charge is 2.26. The Labute approximate surface area is 190 Å². The highest BCUT2D eigenvalue weighted by molar-refractivity contribution is 5.90. The molecule has 1 atom stereocenters. The van der Waals surface area contributed by atoms with Crippen molar-refractivity contribution in [1.82, 2.24) is 10.2 Å². The van der Waals surface area contributed by atoms with Crippen LogP contribution in [0, 0.1) is 5.92 Å². The Morgan fingerprint density at radius 2 is 1.59 bits per heavy atom. The van der Waals surface area contributed by atoms with Gasteiger partial charge in [0.15, 0.2) is 6.61 Å². The van der Waals surface area contributed by atoms with Crippen LogP contribution in [0.15, 0.2) is 72.8 Å². The van der Waals surface area contributed by atoms with E-state index in [0.717, 1.165) is 16.3 Å². The second-order valence-electron chi connectivity index (χ2n) is 8.40. The van der Waals surface area contributed by atoms with Gasteiger partial charge < -0.3 is 15.0 Å². The first-order valence-electron chi connectivity index (χ1n) is 11.2. The van der Waals surface area contributed by atoms with Crippen molar-refractivity contribution in [2.75, 3.05) is 19.7 Å². The molecule has 0 saturated carbocycles. The predicted octanol–water partition coefficient (Wildman–Crippen LogP) is 4.45. The van der Waals surface area contributed by atoms with Crippen molar-refractivity contribution in [2.45, 2.75) is 33.2 Å². The van der Waals surface area contributed by atoms with Crippen LogP contribution in [0.2, 0.25) is 0 Å². The van der Waals surface area contributed by atoms with E-state index in [1.807, 2.05) is 86.6 Å². The van der Waals surface area contributed by atoms with E-state index in [4.69, 9.17) is 4.74 Å². The summed E-state index contributed by atoms with van der Waals surface area (Å²) in [5, 5.41) is 4.95. The fourth-order valence-corrected chi connectivity index (χ4v) is 3.57. The average Bonchev–Trinajstić information content (AvgIpc) is 2.81.